The summed E-state index contributed by atoms with van der Waals surface area (Å²) >= 11 is 0. The predicted molar refractivity (Wildman–Crippen MR) is 48.1 cm³/mol. The number of carbonyl (C=O) groups is 1. The van der Waals surface area contributed by atoms with Crippen molar-refractivity contribution in [3.8, 4) is 0 Å². The largest absolute Gasteiger partial charge is 0.359 e. The number of carbonyl (C=O) groups excluding carboxylic acids is 1. The minimum Gasteiger partial charge on any atom is -0.359 e. The van der Waals surface area contributed by atoms with Crippen LogP contribution in [0.1, 0.15) is 17.8 Å². The summed E-state index contributed by atoms with van der Waals surface area (Å²) in [5, 5.41) is 10.4. The van der Waals surface area contributed by atoms with Crippen LogP contribution in [0.2, 0.25) is 0 Å². The molecule has 0 fully saturated rings. The monoisotopic (exact) mass is 182 g/mol. The third kappa shape index (κ3) is 2.27. The molecule has 0 saturated heterocycles. The minimum atomic E-state index is 0.0325. The van der Waals surface area contributed by atoms with Crippen molar-refractivity contribution >= 4 is 5.91 Å². The lowest BCUT2D eigenvalue weighted by Crippen LogP contribution is -2.18. The van der Waals surface area contributed by atoms with E-state index in [4.69, 9.17) is 0 Å². The molecule has 1 heterocycles. The summed E-state index contributed by atoms with van der Waals surface area (Å²) in [5.41, 5.74) is 1.91. The summed E-state index contributed by atoms with van der Waals surface area (Å²) in [6.45, 7) is 1.94. The Morgan fingerprint density at radius 1 is 1.62 bits per heavy atom. The lowest BCUT2D eigenvalue weighted by molar-refractivity contribution is -0.120. The molecule has 1 amide bonds. The fourth-order valence-electron chi connectivity index (χ4n) is 1.04. The number of nitrogens with one attached hydrogen (secondary N) is 1. The topological polar surface area (TPSA) is 59.8 Å². The van der Waals surface area contributed by atoms with Gasteiger partial charge >= 0.3 is 0 Å². The molecule has 5 nitrogen and oxygen atoms in total. The molecule has 1 N–H and O–H groups in total. The maximum atomic E-state index is 10.9. The average molecular weight is 182 g/mol. The molecule has 5 heteroatoms. The Kier molecular flexibility index (Phi) is 3.00. The van der Waals surface area contributed by atoms with Gasteiger partial charge in [0.25, 0.3) is 0 Å². The number of rotatable bonds is 3. The van der Waals surface area contributed by atoms with Crippen molar-refractivity contribution in [1.29, 1.82) is 0 Å². The second-order valence-electron chi connectivity index (χ2n) is 2.92. The fourth-order valence-corrected chi connectivity index (χ4v) is 1.04. The van der Waals surface area contributed by atoms with Gasteiger partial charge < -0.3 is 5.32 Å². The minimum absolute atomic E-state index is 0.0325. The SMILES string of the molecule is CNC(=O)CCc1nnn(C)c1C. The summed E-state index contributed by atoms with van der Waals surface area (Å²) in [6.07, 6.45) is 1.12. The molecular weight excluding hydrogens is 168 g/mol. The number of hydrogen-bond acceptors (Lipinski definition) is 3. The van der Waals surface area contributed by atoms with Crippen LogP contribution in [0.25, 0.3) is 0 Å². The summed E-state index contributed by atoms with van der Waals surface area (Å²) in [7, 11) is 3.47. The Morgan fingerprint density at radius 2 is 2.31 bits per heavy atom. The van der Waals surface area contributed by atoms with E-state index in [1.807, 2.05) is 14.0 Å². The van der Waals surface area contributed by atoms with Gasteiger partial charge in [0, 0.05) is 26.9 Å². The van der Waals surface area contributed by atoms with Crippen molar-refractivity contribution in [2.45, 2.75) is 19.8 Å². The van der Waals surface area contributed by atoms with E-state index in [2.05, 4.69) is 15.6 Å². The highest BCUT2D eigenvalue weighted by Gasteiger charge is 2.07. The van der Waals surface area contributed by atoms with Crippen LogP contribution in [0, 0.1) is 6.92 Å². The summed E-state index contributed by atoms with van der Waals surface area (Å²) < 4.78 is 1.71. The van der Waals surface area contributed by atoms with Gasteiger partial charge in [-0.05, 0) is 6.92 Å². The normalized spacial score (nSPS) is 10.1. The molecular formula is C8H14N4O. The molecule has 0 unspecified atom stereocenters. The number of aryl methyl sites for hydroxylation is 2. The van der Waals surface area contributed by atoms with Crippen LogP contribution >= 0.6 is 0 Å². The van der Waals surface area contributed by atoms with E-state index in [0.29, 0.717) is 12.8 Å². The Balaban J connectivity index is 2.55. The predicted octanol–water partition coefficient (Wildman–Crippen LogP) is -0.198. The summed E-state index contributed by atoms with van der Waals surface area (Å²) in [6, 6.07) is 0. The van der Waals surface area contributed by atoms with Gasteiger partial charge in [-0.25, -0.2) is 0 Å². The lowest BCUT2D eigenvalue weighted by Gasteiger charge is -1.98. The smallest absolute Gasteiger partial charge is 0.220 e. The molecule has 0 spiro atoms. The molecule has 72 valence electrons. The fraction of sp³-hybridized carbons (Fsp3) is 0.625. The third-order valence-corrected chi connectivity index (χ3v) is 2.07. The number of hydrogen-bond donors (Lipinski definition) is 1. The van der Waals surface area contributed by atoms with Gasteiger partial charge in [-0.1, -0.05) is 5.21 Å². The van der Waals surface area contributed by atoms with Gasteiger partial charge in [-0.3, -0.25) is 9.48 Å². The first-order valence-corrected chi connectivity index (χ1v) is 4.21. The summed E-state index contributed by atoms with van der Waals surface area (Å²) in [5.74, 6) is 0.0325. The number of aromatic nitrogens is 3. The first kappa shape index (κ1) is 9.70. The van der Waals surface area contributed by atoms with E-state index in [-0.39, 0.29) is 5.91 Å². The first-order chi connectivity index (χ1) is 6.15. The van der Waals surface area contributed by atoms with E-state index < -0.39 is 0 Å². The van der Waals surface area contributed by atoms with Crippen LogP contribution in [0.4, 0.5) is 0 Å². The molecule has 13 heavy (non-hydrogen) atoms. The second kappa shape index (κ2) is 4.02. The van der Waals surface area contributed by atoms with Crippen LogP contribution in [0.5, 0.6) is 0 Å². The molecule has 0 aromatic carbocycles. The van der Waals surface area contributed by atoms with E-state index in [0.717, 1.165) is 11.4 Å². The van der Waals surface area contributed by atoms with Gasteiger partial charge in [0.05, 0.1) is 11.4 Å². The van der Waals surface area contributed by atoms with Crippen molar-refractivity contribution < 1.29 is 4.79 Å². The molecule has 0 aliphatic rings. The van der Waals surface area contributed by atoms with Crippen LogP contribution in [0.3, 0.4) is 0 Å². The number of nitrogens with zero attached hydrogens (tertiary/aromatic N) is 3. The number of amides is 1. The van der Waals surface area contributed by atoms with E-state index >= 15 is 0 Å². The molecule has 0 bridgehead atoms. The van der Waals surface area contributed by atoms with Gasteiger partial charge in [-0.2, -0.15) is 0 Å². The van der Waals surface area contributed by atoms with Crippen molar-refractivity contribution in [3.05, 3.63) is 11.4 Å². The molecule has 1 aromatic heterocycles. The zero-order chi connectivity index (χ0) is 9.84. The molecule has 0 saturated carbocycles. The highest BCUT2D eigenvalue weighted by molar-refractivity contribution is 5.75. The Morgan fingerprint density at radius 3 is 2.77 bits per heavy atom. The maximum absolute atomic E-state index is 10.9. The van der Waals surface area contributed by atoms with Crippen molar-refractivity contribution in [2.75, 3.05) is 7.05 Å². The molecule has 1 aromatic rings. The Hall–Kier alpha value is -1.39. The van der Waals surface area contributed by atoms with Crippen LogP contribution in [0.15, 0.2) is 0 Å². The second-order valence-corrected chi connectivity index (χ2v) is 2.92. The van der Waals surface area contributed by atoms with Gasteiger partial charge in [0.1, 0.15) is 0 Å². The molecule has 0 aliphatic heterocycles. The van der Waals surface area contributed by atoms with Gasteiger partial charge in [0.2, 0.25) is 5.91 Å². The van der Waals surface area contributed by atoms with Crippen LogP contribution < -0.4 is 5.32 Å². The van der Waals surface area contributed by atoms with Crippen LogP contribution in [-0.2, 0) is 18.3 Å². The maximum Gasteiger partial charge on any atom is 0.220 e. The highest BCUT2D eigenvalue weighted by atomic mass is 16.1. The van der Waals surface area contributed by atoms with Crippen molar-refractivity contribution in [1.82, 2.24) is 20.3 Å². The van der Waals surface area contributed by atoms with Crippen LogP contribution in [-0.4, -0.2) is 27.9 Å². The lowest BCUT2D eigenvalue weighted by atomic mass is 10.2. The van der Waals surface area contributed by atoms with E-state index in [9.17, 15) is 4.79 Å². The van der Waals surface area contributed by atoms with E-state index in [1.165, 1.54) is 0 Å². The van der Waals surface area contributed by atoms with Crippen molar-refractivity contribution in [2.24, 2.45) is 7.05 Å². The highest BCUT2D eigenvalue weighted by Crippen LogP contribution is 2.04. The third-order valence-electron chi connectivity index (χ3n) is 2.07. The van der Waals surface area contributed by atoms with Gasteiger partial charge in [0.15, 0.2) is 0 Å². The molecule has 1 rings (SSSR count). The zero-order valence-electron chi connectivity index (χ0n) is 8.16. The average Bonchev–Trinajstić information content (AvgIpc) is 2.44. The van der Waals surface area contributed by atoms with E-state index in [1.54, 1.807) is 11.7 Å². The Labute approximate surface area is 77.1 Å². The molecule has 0 radical (unpaired) electrons. The zero-order valence-corrected chi connectivity index (χ0v) is 8.16. The Bertz CT molecular complexity index is 305. The molecule has 0 atom stereocenters. The van der Waals surface area contributed by atoms with Crippen molar-refractivity contribution in [3.63, 3.8) is 0 Å². The summed E-state index contributed by atoms with van der Waals surface area (Å²) in [4.78, 5) is 10.9. The molecule has 0 aliphatic carbocycles. The standard InChI is InChI=1S/C8H14N4O/c1-6-7(10-11-12(6)3)4-5-8(13)9-2/h4-5H2,1-3H3,(H,9,13). The first-order valence-electron chi connectivity index (χ1n) is 4.21. The van der Waals surface area contributed by atoms with Gasteiger partial charge in [-0.15, -0.1) is 5.10 Å². The quantitative estimate of drug-likeness (QED) is 0.704.